The maximum Gasteiger partial charge on any atom is 0.348 e. The molecule has 1 aromatic heterocycles. The highest BCUT2D eigenvalue weighted by molar-refractivity contribution is 9.10. The van der Waals surface area contributed by atoms with E-state index in [1.165, 1.54) is 20.1 Å². The standard InChI is InChI=1S/C11H13BrN2O5S2/c1-6-9(15)13-3-4-14(6)21(17,18)11-7(12)5-8(20-11)10(16)19-2/h5-6H,3-4H2,1-2H3,(H,13,15)/t6-/m1/s1. The molecule has 10 heteroatoms. The predicted molar refractivity (Wildman–Crippen MR) is 79.7 cm³/mol. The van der Waals surface area contributed by atoms with Crippen molar-refractivity contribution in [3.05, 3.63) is 15.4 Å². The molecule has 2 heterocycles. The number of sulfonamides is 1. The molecule has 0 saturated carbocycles. The molecule has 21 heavy (non-hydrogen) atoms. The summed E-state index contributed by atoms with van der Waals surface area (Å²) in [7, 11) is -2.64. The number of carbonyl (C=O) groups is 2. The van der Waals surface area contributed by atoms with Crippen LogP contribution in [0.1, 0.15) is 16.6 Å². The van der Waals surface area contributed by atoms with Crippen molar-refractivity contribution in [3.63, 3.8) is 0 Å². The molecule has 1 aliphatic heterocycles. The number of methoxy groups -OCH3 is 1. The van der Waals surface area contributed by atoms with Crippen molar-refractivity contribution < 1.29 is 22.7 Å². The minimum atomic E-state index is -3.86. The molecule has 0 aliphatic carbocycles. The fourth-order valence-electron chi connectivity index (χ4n) is 1.93. The van der Waals surface area contributed by atoms with Gasteiger partial charge in [-0.15, -0.1) is 11.3 Å². The van der Waals surface area contributed by atoms with Gasteiger partial charge in [0.15, 0.2) is 0 Å². The lowest BCUT2D eigenvalue weighted by atomic mass is 10.2. The van der Waals surface area contributed by atoms with Gasteiger partial charge in [-0.3, -0.25) is 4.79 Å². The van der Waals surface area contributed by atoms with Gasteiger partial charge in [-0.25, -0.2) is 13.2 Å². The molecule has 1 N–H and O–H groups in total. The van der Waals surface area contributed by atoms with Crippen molar-refractivity contribution in [3.8, 4) is 0 Å². The molecule has 0 aromatic carbocycles. The highest BCUT2D eigenvalue weighted by atomic mass is 79.9. The van der Waals surface area contributed by atoms with Crippen LogP contribution in [0.2, 0.25) is 0 Å². The second-order valence-corrected chi connectivity index (χ2v) is 8.31. The lowest BCUT2D eigenvalue weighted by molar-refractivity contribution is -0.126. The lowest BCUT2D eigenvalue weighted by Gasteiger charge is -2.31. The molecule has 1 atom stereocenters. The van der Waals surface area contributed by atoms with Crippen molar-refractivity contribution in [1.29, 1.82) is 0 Å². The van der Waals surface area contributed by atoms with Gasteiger partial charge in [0.25, 0.3) is 10.0 Å². The Balaban J connectivity index is 2.42. The summed E-state index contributed by atoms with van der Waals surface area (Å²) in [4.78, 5) is 23.3. The average molecular weight is 397 g/mol. The number of thiophene rings is 1. The van der Waals surface area contributed by atoms with E-state index in [-0.39, 0.29) is 32.6 Å². The number of amides is 1. The third-order valence-corrected chi connectivity index (χ3v) is 7.77. The van der Waals surface area contributed by atoms with Crippen LogP contribution in [0.5, 0.6) is 0 Å². The zero-order valence-electron chi connectivity index (χ0n) is 11.3. The third kappa shape index (κ3) is 2.98. The topological polar surface area (TPSA) is 92.8 Å². The number of hydrogen-bond donors (Lipinski definition) is 1. The molecule has 0 spiro atoms. The molecular weight excluding hydrogens is 384 g/mol. The molecule has 0 radical (unpaired) electrons. The normalized spacial score (nSPS) is 20.1. The van der Waals surface area contributed by atoms with Crippen molar-refractivity contribution in [2.24, 2.45) is 0 Å². The Morgan fingerprint density at radius 3 is 2.86 bits per heavy atom. The molecule has 1 aromatic rings. The van der Waals surface area contributed by atoms with E-state index in [4.69, 9.17) is 0 Å². The van der Waals surface area contributed by atoms with E-state index >= 15 is 0 Å². The molecule has 0 unspecified atom stereocenters. The Morgan fingerprint density at radius 2 is 2.24 bits per heavy atom. The first-order valence-corrected chi connectivity index (χ1v) is 9.01. The van der Waals surface area contributed by atoms with Crippen LogP contribution < -0.4 is 5.32 Å². The minimum absolute atomic E-state index is 0.00977. The summed E-state index contributed by atoms with van der Waals surface area (Å²) in [5.41, 5.74) is 0. The summed E-state index contributed by atoms with van der Waals surface area (Å²) in [6.07, 6.45) is 0. The van der Waals surface area contributed by atoms with Gasteiger partial charge < -0.3 is 10.1 Å². The van der Waals surface area contributed by atoms with Crippen LogP contribution in [0, 0.1) is 0 Å². The van der Waals surface area contributed by atoms with Crippen LogP contribution in [0.25, 0.3) is 0 Å². The van der Waals surface area contributed by atoms with Gasteiger partial charge in [-0.05, 0) is 28.9 Å². The number of nitrogens with zero attached hydrogens (tertiary/aromatic N) is 1. The van der Waals surface area contributed by atoms with Crippen LogP contribution in [0.4, 0.5) is 0 Å². The first kappa shape index (κ1) is 16.4. The smallest absolute Gasteiger partial charge is 0.348 e. The Kier molecular flexibility index (Phi) is 4.71. The van der Waals surface area contributed by atoms with Gasteiger partial charge >= 0.3 is 5.97 Å². The van der Waals surface area contributed by atoms with Crippen molar-refractivity contribution in [2.75, 3.05) is 20.2 Å². The van der Waals surface area contributed by atoms with Crippen LogP contribution in [-0.2, 0) is 19.6 Å². The molecule has 1 amide bonds. The third-order valence-electron chi connectivity index (χ3n) is 3.03. The molecule has 0 bridgehead atoms. The van der Waals surface area contributed by atoms with E-state index in [1.807, 2.05) is 0 Å². The summed E-state index contributed by atoms with van der Waals surface area (Å²) in [5, 5.41) is 2.61. The highest BCUT2D eigenvalue weighted by Crippen LogP contribution is 2.35. The molecule has 2 rings (SSSR count). The van der Waals surface area contributed by atoms with Crippen LogP contribution in [-0.4, -0.2) is 50.8 Å². The van der Waals surface area contributed by atoms with Crippen molar-refractivity contribution in [2.45, 2.75) is 17.2 Å². The van der Waals surface area contributed by atoms with Crippen molar-refractivity contribution >= 4 is 49.2 Å². The molecule has 1 aliphatic rings. The number of halogens is 1. The van der Waals surface area contributed by atoms with E-state index < -0.39 is 22.0 Å². The van der Waals surface area contributed by atoms with Gasteiger partial charge in [0.2, 0.25) is 5.91 Å². The fraction of sp³-hybridized carbons (Fsp3) is 0.455. The van der Waals surface area contributed by atoms with Crippen LogP contribution in [0.3, 0.4) is 0 Å². The number of rotatable bonds is 3. The van der Waals surface area contributed by atoms with Crippen molar-refractivity contribution in [1.82, 2.24) is 9.62 Å². The van der Waals surface area contributed by atoms with Gasteiger partial charge in [0.05, 0.1) is 7.11 Å². The van der Waals surface area contributed by atoms with E-state index in [1.54, 1.807) is 0 Å². The predicted octanol–water partition coefficient (Wildman–Crippen LogP) is 0.806. The maximum atomic E-state index is 12.7. The number of hydrogen-bond acceptors (Lipinski definition) is 6. The highest BCUT2D eigenvalue weighted by Gasteiger charge is 2.38. The first-order chi connectivity index (χ1) is 9.78. The monoisotopic (exact) mass is 396 g/mol. The number of piperazine rings is 1. The lowest BCUT2D eigenvalue weighted by Crippen LogP contribution is -2.55. The van der Waals surface area contributed by atoms with E-state index in [0.29, 0.717) is 0 Å². The zero-order chi connectivity index (χ0) is 15.8. The number of esters is 1. The van der Waals surface area contributed by atoms with Gasteiger partial charge in [0, 0.05) is 17.6 Å². The number of carbonyl (C=O) groups excluding carboxylic acids is 2. The molecule has 116 valence electrons. The molecule has 1 fully saturated rings. The minimum Gasteiger partial charge on any atom is -0.465 e. The van der Waals surface area contributed by atoms with Gasteiger partial charge in [-0.2, -0.15) is 4.31 Å². The summed E-state index contributed by atoms with van der Waals surface area (Å²) >= 11 is 3.96. The quantitative estimate of drug-likeness (QED) is 0.762. The first-order valence-electron chi connectivity index (χ1n) is 5.96. The Hall–Kier alpha value is -0.970. The summed E-state index contributed by atoms with van der Waals surface area (Å²) in [5.74, 6) is -0.947. The summed E-state index contributed by atoms with van der Waals surface area (Å²) in [6.45, 7) is 1.97. The zero-order valence-corrected chi connectivity index (χ0v) is 14.5. The van der Waals surface area contributed by atoms with Crippen LogP contribution in [0.15, 0.2) is 14.7 Å². The Bertz CT molecular complexity index is 685. The van der Waals surface area contributed by atoms with E-state index in [2.05, 4.69) is 26.0 Å². The largest absolute Gasteiger partial charge is 0.465 e. The number of ether oxygens (including phenoxy) is 1. The fourth-order valence-corrected chi connectivity index (χ4v) is 6.20. The Labute approximate surface area is 134 Å². The Morgan fingerprint density at radius 1 is 1.57 bits per heavy atom. The number of nitrogens with one attached hydrogen (secondary N) is 1. The SMILES string of the molecule is COC(=O)c1cc(Br)c(S(=O)(=O)N2CCNC(=O)[C@H]2C)s1. The molecule has 7 nitrogen and oxygen atoms in total. The van der Waals surface area contributed by atoms with E-state index in [0.717, 1.165) is 15.6 Å². The molecular formula is C11H13BrN2O5S2. The van der Waals surface area contributed by atoms with Crippen LogP contribution >= 0.6 is 27.3 Å². The summed E-state index contributed by atoms with van der Waals surface area (Å²) < 4.78 is 31.3. The van der Waals surface area contributed by atoms with E-state index in [9.17, 15) is 18.0 Å². The summed E-state index contributed by atoms with van der Waals surface area (Å²) in [6, 6.07) is 0.609. The molecule has 1 saturated heterocycles. The second kappa shape index (κ2) is 6.03. The maximum absolute atomic E-state index is 12.7. The second-order valence-electron chi connectivity index (χ2n) is 4.32. The average Bonchev–Trinajstić information content (AvgIpc) is 2.83. The van der Waals surface area contributed by atoms with Gasteiger partial charge in [0.1, 0.15) is 15.1 Å². The van der Waals surface area contributed by atoms with Gasteiger partial charge in [-0.1, -0.05) is 0 Å².